The summed E-state index contributed by atoms with van der Waals surface area (Å²) >= 11 is 0. The van der Waals surface area contributed by atoms with Crippen LogP contribution >= 0.6 is 0 Å². The van der Waals surface area contributed by atoms with E-state index in [1.54, 1.807) is 0 Å². The van der Waals surface area contributed by atoms with Crippen LogP contribution in [0.5, 0.6) is 0 Å². The van der Waals surface area contributed by atoms with Gasteiger partial charge in [0, 0.05) is 0 Å². The first kappa shape index (κ1) is 10.0. The molecule has 1 fully saturated rings. The van der Waals surface area contributed by atoms with Gasteiger partial charge in [-0.25, -0.2) is 0 Å². The van der Waals surface area contributed by atoms with Crippen molar-refractivity contribution in [2.45, 2.75) is 32.1 Å². The predicted molar refractivity (Wildman–Crippen MR) is 46.9 cm³/mol. The minimum absolute atomic E-state index is 0.0382. The van der Waals surface area contributed by atoms with Gasteiger partial charge in [-0.15, -0.1) is 0 Å². The van der Waals surface area contributed by atoms with E-state index in [-0.39, 0.29) is 5.92 Å². The van der Waals surface area contributed by atoms with Crippen LogP contribution in [-0.4, -0.2) is 17.0 Å². The Morgan fingerprint density at radius 2 is 1.77 bits per heavy atom. The lowest BCUT2D eigenvalue weighted by atomic mass is 9.80. The van der Waals surface area contributed by atoms with Crippen LogP contribution < -0.4 is 5.73 Å². The van der Waals surface area contributed by atoms with E-state index in [0.29, 0.717) is 0 Å². The Morgan fingerprint density at radius 1 is 1.23 bits per heavy atom. The lowest BCUT2D eigenvalue weighted by Gasteiger charge is -2.25. The van der Waals surface area contributed by atoms with Gasteiger partial charge < -0.3 is 10.8 Å². The minimum Gasteiger partial charge on any atom is -0.481 e. The van der Waals surface area contributed by atoms with Gasteiger partial charge in [0.05, 0.1) is 0 Å². The highest BCUT2D eigenvalue weighted by Gasteiger charge is 2.33. The minimum atomic E-state index is -1.07. The number of amides is 1. The zero-order chi connectivity index (χ0) is 9.84. The molecule has 4 nitrogen and oxygen atoms in total. The summed E-state index contributed by atoms with van der Waals surface area (Å²) in [5.74, 6) is -2.78. The molecule has 1 amide bonds. The van der Waals surface area contributed by atoms with Crippen LogP contribution in [0.15, 0.2) is 0 Å². The number of rotatable bonds is 3. The molecule has 0 saturated heterocycles. The normalized spacial score (nSPS) is 20.9. The van der Waals surface area contributed by atoms with E-state index in [1.165, 1.54) is 0 Å². The number of carbonyl (C=O) groups excluding carboxylic acids is 1. The molecule has 0 aromatic carbocycles. The monoisotopic (exact) mass is 185 g/mol. The summed E-state index contributed by atoms with van der Waals surface area (Å²) in [4.78, 5) is 21.6. The molecular formula is C9H15NO3. The molecule has 0 bridgehead atoms. The smallest absolute Gasteiger partial charge is 0.316 e. The van der Waals surface area contributed by atoms with E-state index in [4.69, 9.17) is 10.8 Å². The highest BCUT2D eigenvalue weighted by molar-refractivity contribution is 5.96. The maximum Gasteiger partial charge on any atom is 0.316 e. The summed E-state index contributed by atoms with van der Waals surface area (Å²) in [5, 5.41) is 8.80. The molecular weight excluding hydrogens is 170 g/mol. The Bertz CT molecular complexity index is 195. The third-order valence-corrected chi connectivity index (χ3v) is 2.69. The van der Waals surface area contributed by atoms with Gasteiger partial charge in [-0.1, -0.05) is 19.3 Å². The third-order valence-electron chi connectivity index (χ3n) is 2.69. The highest BCUT2D eigenvalue weighted by atomic mass is 16.4. The molecule has 0 radical (unpaired) electrons. The van der Waals surface area contributed by atoms with E-state index in [9.17, 15) is 9.59 Å². The van der Waals surface area contributed by atoms with Crippen LogP contribution in [0.25, 0.3) is 0 Å². The lowest BCUT2D eigenvalue weighted by Crippen LogP contribution is -2.37. The molecule has 3 N–H and O–H groups in total. The number of hydrogen-bond donors (Lipinski definition) is 2. The predicted octanol–water partition coefficient (Wildman–Crippen LogP) is 0.753. The Hall–Kier alpha value is -1.06. The highest BCUT2D eigenvalue weighted by Crippen LogP contribution is 2.29. The van der Waals surface area contributed by atoms with E-state index in [0.717, 1.165) is 32.1 Å². The first-order chi connectivity index (χ1) is 6.13. The van der Waals surface area contributed by atoms with Gasteiger partial charge in [0.2, 0.25) is 5.91 Å². The van der Waals surface area contributed by atoms with Crippen LogP contribution in [0.2, 0.25) is 0 Å². The summed E-state index contributed by atoms with van der Waals surface area (Å²) in [6, 6.07) is 0. The van der Waals surface area contributed by atoms with Gasteiger partial charge in [0.25, 0.3) is 0 Å². The van der Waals surface area contributed by atoms with Crippen LogP contribution in [0.3, 0.4) is 0 Å². The fourth-order valence-corrected chi connectivity index (χ4v) is 2.02. The second-order valence-corrected chi connectivity index (χ2v) is 3.62. The van der Waals surface area contributed by atoms with Crippen molar-refractivity contribution in [3.8, 4) is 0 Å². The number of aliphatic carboxylic acids is 1. The third kappa shape index (κ3) is 2.44. The van der Waals surface area contributed by atoms with Crippen molar-refractivity contribution in [3.63, 3.8) is 0 Å². The van der Waals surface area contributed by atoms with Crippen molar-refractivity contribution in [2.24, 2.45) is 17.6 Å². The Labute approximate surface area is 77.1 Å². The quantitative estimate of drug-likeness (QED) is 0.637. The fraction of sp³-hybridized carbons (Fsp3) is 0.778. The molecule has 0 spiro atoms. The molecule has 1 aliphatic rings. The van der Waals surface area contributed by atoms with Crippen molar-refractivity contribution in [1.82, 2.24) is 0 Å². The Morgan fingerprint density at radius 3 is 2.15 bits per heavy atom. The first-order valence-corrected chi connectivity index (χ1v) is 4.65. The zero-order valence-corrected chi connectivity index (χ0v) is 7.53. The molecule has 0 aromatic rings. The molecule has 1 atom stereocenters. The molecule has 1 aliphatic carbocycles. The summed E-state index contributed by atoms with van der Waals surface area (Å²) < 4.78 is 0. The van der Waals surface area contributed by atoms with Crippen LogP contribution in [0.1, 0.15) is 32.1 Å². The van der Waals surface area contributed by atoms with Crippen molar-refractivity contribution < 1.29 is 14.7 Å². The Balaban J connectivity index is 2.62. The fourth-order valence-electron chi connectivity index (χ4n) is 2.02. The molecule has 13 heavy (non-hydrogen) atoms. The molecule has 0 aromatic heterocycles. The van der Waals surface area contributed by atoms with Gasteiger partial charge in [-0.3, -0.25) is 9.59 Å². The van der Waals surface area contributed by atoms with E-state index in [2.05, 4.69) is 0 Å². The molecule has 0 aliphatic heterocycles. The van der Waals surface area contributed by atoms with Crippen LogP contribution in [0.4, 0.5) is 0 Å². The summed E-state index contributed by atoms with van der Waals surface area (Å²) in [6.07, 6.45) is 4.81. The number of primary amides is 1. The average Bonchev–Trinajstić information content (AvgIpc) is 2.04. The van der Waals surface area contributed by atoms with Crippen LogP contribution in [-0.2, 0) is 9.59 Å². The van der Waals surface area contributed by atoms with Crippen molar-refractivity contribution in [2.75, 3.05) is 0 Å². The SMILES string of the molecule is NC(=O)C(C(=O)O)C1CCCCC1. The summed E-state index contributed by atoms with van der Waals surface area (Å²) in [6.45, 7) is 0. The van der Waals surface area contributed by atoms with E-state index < -0.39 is 17.8 Å². The molecule has 1 unspecified atom stereocenters. The van der Waals surface area contributed by atoms with Gasteiger partial charge in [-0.05, 0) is 18.8 Å². The van der Waals surface area contributed by atoms with Crippen LogP contribution in [0, 0.1) is 11.8 Å². The molecule has 1 saturated carbocycles. The molecule has 4 heteroatoms. The largest absolute Gasteiger partial charge is 0.481 e. The van der Waals surface area contributed by atoms with Gasteiger partial charge in [0.15, 0.2) is 0 Å². The van der Waals surface area contributed by atoms with Gasteiger partial charge in [-0.2, -0.15) is 0 Å². The van der Waals surface area contributed by atoms with Crippen molar-refractivity contribution in [1.29, 1.82) is 0 Å². The van der Waals surface area contributed by atoms with Gasteiger partial charge in [0.1, 0.15) is 5.92 Å². The second kappa shape index (κ2) is 4.25. The van der Waals surface area contributed by atoms with E-state index in [1.807, 2.05) is 0 Å². The standard InChI is InChI=1S/C9H15NO3/c10-8(11)7(9(12)13)6-4-2-1-3-5-6/h6-7H,1-5H2,(H2,10,11)(H,12,13). The molecule has 74 valence electrons. The van der Waals surface area contributed by atoms with Gasteiger partial charge >= 0.3 is 5.97 Å². The summed E-state index contributed by atoms with van der Waals surface area (Å²) in [5.41, 5.74) is 5.05. The number of carboxylic acid groups (broad SMARTS) is 1. The molecule has 1 rings (SSSR count). The number of nitrogens with two attached hydrogens (primary N) is 1. The summed E-state index contributed by atoms with van der Waals surface area (Å²) in [7, 11) is 0. The maximum atomic E-state index is 10.9. The number of hydrogen-bond acceptors (Lipinski definition) is 2. The first-order valence-electron chi connectivity index (χ1n) is 4.65. The second-order valence-electron chi connectivity index (χ2n) is 3.62. The lowest BCUT2D eigenvalue weighted by molar-refractivity contribution is -0.148. The average molecular weight is 185 g/mol. The zero-order valence-electron chi connectivity index (χ0n) is 7.53. The van der Waals surface area contributed by atoms with Crippen molar-refractivity contribution in [3.05, 3.63) is 0 Å². The maximum absolute atomic E-state index is 10.9. The number of carbonyl (C=O) groups is 2. The topological polar surface area (TPSA) is 80.4 Å². The Kier molecular flexibility index (Phi) is 3.28. The number of carboxylic acids is 1. The van der Waals surface area contributed by atoms with Crippen molar-refractivity contribution >= 4 is 11.9 Å². The van der Waals surface area contributed by atoms with E-state index >= 15 is 0 Å². The molecule has 0 heterocycles.